The zero-order valence-corrected chi connectivity index (χ0v) is 14.4. The molecule has 1 N–H and O–H groups in total. The lowest BCUT2D eigenvalue weighted by molar-refractivity contribution is -0.117. The first-order chi connectivity index (χ1) is 12.2. The Morgan fingerprint density at radius 1 is 1.08 bits per heavy atom. The first kappa shape index (κ1) is 17.2. The van der Waals surface area contributed by atoms with Crippen LogP contribution >= 0.6 is 0 Å². The Morgan fingerprint density at radius 2 is 1.84 bits per heavy atom. The van der Waals surface area contributed by atoms with Gasteiger partial charge in [-0.3, -0.25) is 14.5 Å². The van der Waals surface area contributed by atoms with E-state index in [9.17, 15) is 9.59 Å². The topological polar surface area (TPSA) is 65.8 Å². The summed E-state index contributed by atoms with van der Waals surface area (Å²) in [6, 6.07) is 11.2. The van der Waals surface area contributed by atoms with Crippen LogP contribution in [0.1, 0.15) is 23.0 Å². The minimum Gasteiger partial charge on any atom is -0.459 e. The van der Waals surface area contributed by atoms with Crippen LogP contribution in [-0.4, -0.2) is 54.3 Å². The number of amides is 2. The number of piperazine rings is 1. The van der Waals surface area contributed by atoms with Gasteiger partial charge in [-0.25, -0.2) is 0 Å². The molecule has 2 aromatic rings. The molecule has 25 heavy (non-hydrogen) atoms. The van der Waals surface area contributed by atoms with E-state index in [1.54, 1.807) is 17.0 Å². The number of carbonyl (C=O) groups is 2. The van der Waals surface area contributed by atoms with Crippen LogP contribution in [-0.2, 0) is 11.2 Å². The van der Waals surface area contributed by atoms with Crippen molar-refractivity contribution in [2.45, 2.75) is 13.3 Å². The Hall–Kier alpha value is -2.60. The molecule has 0 atom stereocenters. The molecule has 0 spiro atoms. The fraction of sp³-hybridized carbons (Fsp3) is 0.368. The van der Waals surface area contributed by atoms with E-state index in [0.29, 0.717) is 38.5 Å². The molecule has 1 aliphatic heterocycles. The van der Waals surface area contributed by atoms with Gasteiger partial charge in [-0.1, -0.05) is 25.1 Å². The van der Waals surface area contributed by atoms with Crippen molar-refractivity contribution >= 4 is 17.5 Å². The third-order valence-electron chi connectivity index (χ3n) is 4.43. The lowest BCUT2D eigenvalue weighted by Gasteiger charge is -2.33. The van der Waals surface area contributed by atoms with E-state index in [2.05, 4.69) is 17.1 Å². The molecule has 1 aromatic carbocycles. The van der Waals surface area contributed by atoms with Gasteiger partial charge in [0, 0.05) is 31.9 Å². The maximum atomic E-state index is 12.3. The number of carbonyl (C=O) groups excluding carboxylic acids is 2. The summed E-state index contributed by atoms with van der Waals surface area (Å²) in [5.74, 6) is 0.250. The molecule has 2 amide bonds. The molecule has 6 heteroatoms. The third kappa shape index (κ3) is 4.28. The second-order valence-corrected chi connectivity index (χ2v) is 6.10. The maximum Gasteiger partial charge on any atom is 0.289 e. The Morgan fingerprint density at radius 3 is 2.52 bits per heavy atom. The van der Waals surface area contributed by atoms with Crippen molar-refractivity contribution in [3.63, 3.8) is 0 Å². The second-order valence-electron chi connectivity index (χ2n) is 6.10. The number of nitrogens with zero attached hydrogens (tertiary/aromatic N) is 2. The molecule has 2 heterocycles. The summed E-state index contributed by atoms with van der Waals surface area (Å²) in [4.78, 5) is 28.4. The highest BCUT2D eigenvalue weighted by Crippen LogP contribution is 2.15. The fourth-order valence-electron chi connectivity index (χ4n) is 3.01. The highest BCUT2D eigenvalue weighted by molar-refractivity contribution is 5.93. The molecule has 0 bridgehead atoms. The van der Waals surface area contributed by atoms with Crippen molar-refractivity contribution in [1.82, 2.24) is 9.80 Å². The Bertz CT molecular complexity index is 719. The molecule has 0 unspecified atom stereocenters. The first-order valence-electron chi connectivity index (χ1n) is 8.60. The van der Waals surface area contributed by atoms with Crippen LogP contribution in [0.2, 0.25) is 0 Å². The summed E-state index contributed by atoms with van der Waals surface area (Å²) in [6.07, 6.45) is 2.38. The van der Waals surface area contributed by atoms with Crippen LogP contribution in [0.25, 0.3) is 0 Å². The molecule has 0 radical (unpaired) electrons. The van der Waals surface area contributed by atoms with E-state index in [1.165, 1.54) is 6.26 Å². The van der Waals surface area contributed by atoms with Crippen LogP contribution in [0.4, 0.5) is 5.69 Å². The van der Waals surface area contributed by atoms with Gasteiger partial charge < -0.3 is 14.6 Å². The van der Waals surface area contributed by atoms with E-state index in [1.807, 2.05) is 24.3 Å². The molecule has 6 nitrogen and oxygen atoms in total. The number of nitrogens with one attached hydrogen (secondary N) is 1. The smallest absolute Gasteiger partial charge is 0.289 e. The minimum atomic E-state index is -0.0917. The first-order valence-corrected chi connectivity index (χ1v) is 8.60. The molecule has 0 aliphatic carbocycles. The molecule has 132 valence electrons. The Labute approximate surface area is 147 Å². The van der Waals surface area contributed by atoms with Gasteiger partial charge in [-0.2, -0.15) is 0 Å². The van der Waals surface area contributed by atoms with Crippen molar-refractivity contribution in [2.24, 2.45) is 0 Å². The van der Waals surface area contributed by atoms with Crippen molar-refractivity contribution in [3.8, 4) is 0 Å². The number of aryl methyl sites for hydroxylation is 1. The third-order valence-corrected chi connectivity index (χ3v) is 4.43. The van der Waals surface area contributed by atoms with Gasteiger partial charge >= 0.3 is 0 Å². The lowest BCUT2D eigenvalue weighted by Crippen LogP contribution is -2.50. The zero-order chi connectivity index (χ0) is 17.6. The van der Waals surface area contributed by atoms with Crippen LogP contribution in [0.15, 0.2) is 47.1 Å². The monoisotopic (exact) mass is 341 g/mol. The number of hydrogen-bond donors (Lipinski definition) is 1. The van der Waals surface area contributed by atoms with Gasteiger partial charge in [0.05, 0.1) is 12.8 Å². The molecular weight excluding hydrogens is 318 g/mol. The van der Waals surface area contributed by atoms with Gasteiger partial charge in [-0.15, -0.1) is 0 Å². The molecule has 1 saturated heterocycles. The summed E-state index contributed by atoms with van der Waals surface area (Å²) in [5, 5.41) is 2.99. The number of rotatable bonds is 5. The highest BCUT2D eigenvalue weighted by Gasteiger charge is 2.24. The number of hydrogen-bond acceptors (Lipinski definition) is 4. The molecule has 1 aromatic heterocycles. The van der Waals surface area contributed by atoms with Crippen LogP contribution in [0, 0.1) is 0 Å². The normalized spacial score (nSPS) is 15.2. The highest BCUT2D eigenvalue weighted by atomic mass is 16.3. The lowest BCUT2D eigenvalue weighted by atomic mass is 10.1. The molecule has 1 aliphatic rings. The Kier molecular flexibility index (Phi) is 5.50. The average molecular weight is 341 g/mol. The fourth-order valence-corrected chi connectivity index (χ4v) is 3.01. The van der Waals surface area contributed by atoms with Gasteiger partial charge in [-0.05, 0) is 30.2 Å². The number of benzene rings is 1. The van der Waals surface area contributed by atoms with Crippen molar-refractivity contribution < 1.29 is 14.0 Å². The van der Waals surface area contributed by atoms with Gasteiger partial charge in [0.15, 0.2) is 5.76 Å². The molecule has 0 saturated carbocycles. The van der Waals surface area contributed by atoms with Crippen molar-refractivity contribution in [3.05, 3.63) is 54.0 Å². The quantitative estimate of drug-likeness (QED) is 0.906. The predicted molar refractivity (Wildman–Crippen MR) is 95.5 cm³/mol. The zero-order valence-electron chi connectivity index (χ0n) is 14.4. The standard InChI is InChI=1S/C19H23N3O3/c1-2-15-6-3-4-7-16(15)20-18(23)14-21-9-11-22(12-10-21)19(24)17-8-5-13-25-17/h3-8,13H,2,9-12,14H2,1H3,(H,20,23). The van der Waals surface area contributed by atoms with E-state index in [0.717, 1.165) is 17.7 Å². The van der Waals surface area contributed by atoms with Crippen LogP contribution in [0.3, 0.4) is 0 Å². The summed E-state index contributed by atoms with van der Waals surface area (Å²) < 4.78 is 5.16. The Balaban J connectivity index is 1.49. The molecule has 1 fully saturated rings. The van der Waals surface area contributed by atoms with Crippen LogP contribution in [0.5, 0.6) is 0 Å². The number of furan rings is 1. The summed E-state index contributed by atoms with van der Waals surface area (Å²) in [6.45, 7) is 4.95. The second kappa shape index (κ2) is 7.98. The van der Waals surface area contributed by atoms with Crippen LogP contribution < -0.4 is 5.32 Å². The molecule has 3 rings (SSSR count). The van der Waals surface area contributed by atoms with E-state index in [-0.39, 0.29) is 11.8 Å². The van der Waals surface area contributed by atoms with Gasteiger partial charge in [0.25, 0.3) is 5.91 Å². The maximum absolute atomic E-state index is 12.3. The predicted octanol–water partition coefficient (Wildman–Crippen LogP) is 2.24. The van der Waals surface area contributed by atoms with E-state index in [4.69, 9.17) is 4.42 Å². The van der Waals surface area contributed by atoms with Gasteiger partial charge in [0.1, 0.15) is 0 Å². The van der Waals surface area contributed by atoms with Crippen molar-refractivity contribution in [1.29, 1.82) is 0 Å². The van der Waals surface area contributed by atoms with E-state index >= 15 is 0 Å². The molecular formula is C19H23N3O3. The number of para-hydroxylation sites is 1. The minimum absolute atomic E-state index is 0.0216. The summed E-state index contributed by atoms with van der Waals surface area (Å²) in [7, 11) is 0. The summed E-state index contributed by atoms with van der Waals surface area (Å²) in [5.41, 5.74) is 2.01. The van der Waals surface area contributed by atoms with Crippen molar-refractivity contribution in [2.75, 3.05) is 38.0 Å². The van der Waals surface area contributed by atoms with E-state index < -0.39 is 0 Å². The SMILES string of the molecule is CCc1ccccc1NC(=O)CN1CCN(C(=O)c2ccco2)CC1. The average Bonchev–Trinajstić information content (AvgIpc) is 3.17. The number of anilines is 1. The summed E-state index contributed by atoms with van der Waals surface area (Å²) >= 11 is 0. The largest absolute Gasteiger partial charge is 0.459 e. The van der Waals surface area contributed by atoms with Gasteiger partial charge in [0.2, 0.25) is 5.91 Å².